The molecule has 1 aromatic rings. The van der Waals surface area contributed by atoms with Gasteiger partial charge in [-0.1, -0.05) is 13.8 Å². The van der Waals surface area contributed by atoms with Crippen molar-refractivity contribution >= 4 is 11.8 Å². The van der Waals surface area contributed by atoms with Crippen LogP contribution in [0, 0.1) is 6.92 Å². The minimum Gasteiger partial charge on any atom is -0.376 e. The van der Waals surface area contributed by atoms with Gasteiger partial charge in [0.2, 0.25) is 5.95 Å². The normalized spacial score (nSPS) is 18.0. The van der Waals surface area contributed by atoms with Crippen LogP contribution in [0.3, 0.4) is 0 Å². The van der Waals surface area contributed by atoms with E-state index in [1.165, 1.54) is 6.42 Å². The zero-order valence-corrected chi connectivity index (χ0v) is 13.6. The van der Waals surface area contributed by atoms with Gasteiger partial charge in [-0.05, 0) is 32.6 Å². The van der Waals surface area contributed by atoms with Crippen molar-refractivity contribution in [2.45, 2.75) is 52.6 Å². The van der Waals surface area contributed by atoms with Gasteiger partial charge in [-0.25, -0.2) is 4.98 Å². The van der Waals surface area contributed by atoms with E-state index in [1.54, 1.807) is 0 Å². The molecule has 118 valence electrons. The largest absolute Gasteiger partial charge is 0.376 e. The van der Waals surface area contributed by atoms with Gasteiger partial charge in [0, 0.05) is 38.0 Å². The lowest BCUT2D eigenvalue weighted by Crippen LogP contribution is -2.27. The zero-order chi connectivity index (χ0) is 15.1. The fraction of sp³-hybridized carbons (Fsp3) is 0.750. The van der Waals surface area contributed by atoms with E-state index in [4.69, 9.17) is 4.74 Å². The minimum atomic E-state index is 0.325. The first kappa shape index (κ1) is 16.0. The number of anilines is 2. The summed E-state index contributed by atoms with van der Waals surface area (Å²) in [5.74, 6) is 1.75. The van der Waals surface area contributed by atoms with Gasteiger partial charge < -0.3 is 15.0 Å². The number of rotatable bonds is 8. The predicted molar refractivity (Wildman–Crippen MR) is 87.0 cm³/mol. The topological polar surface area (TPSA) is 50.3 Å². The van der Waals surface area contributed by atoms with Crippen LogP contribution in [0.4, 0.5) is 11.8 Å². The average molecular weight is 292 g/mol. The molecule has 5 nitrogen and oxygen atoms in total. The smallest absolute Gasteiger partial charge is 0.227 e. The molecule has 0 spiro atoms. The molecule has 1 N–H and O–H groups in total. The molecular formula is C16H28N4O. The van der Waals surface area contributed by atoms with Crippen LogP contribution in [0.25, 0.3) is 0 Å². The molecule has 0 saturated carbocycles. The Morgan fingerprint density at radius 3 is 2.67 bits per heavy atom. The van der Waals surface area contributed by atoms with E-state index in [9.17, 15) is 0 Å². The number of nitrogens with zero attached hydrogens (tertiary/aromatic N) is 3. The van der Waals surface area contributed by atoms with Crippen LogP contribution in [-0.4, -0.2) is 42.3 Å². The van der Waals surface area contributed by atoms with Crippen LogP contribution in [-0.2, 0) is 4.74 Å². The van der Waals surface area contributed by atoms with Gasteiger partial charge in [0.25, 0.3) is 0 Å². The van der Waals surface area contributed by atoms with Crippen LogP contribution in [0.5, 0.6) is 0 Å². The summed E-state index contributed by atoms with van der Waals surface area (Å²) < 4.78 is 5.64. The summed E-state index contributed by atoms with van der Waals surface area (Å²) in [6.07, 6.45) is 4.85. The maximum atomic E-state index is 5.64. The van der Waals surface area contributed by atoms with Crippen molar-refractivity contribution in [3.8, 4) is 0 Å². The molecule has 0 amide bonds. The van der Waals surface area contributed by atoms with Crippen molar-refractivity contribution in [1.82, 2.24) is 9.97 Å². The first-order valence-electron chi connectivity index (χ1n) is 8.19. The number of aryl methyl sites for hydroxylation is 1. The Kier molecular flexibility index (Phi) is 6.23. The van der Waals surface area contributed by atoms with Crippen molar-refractivity contribution in [2.24, 2.45) is 0 Å². The monoisotopic (exact) mass is 292 g/mol. The maximum Gasteiger partial charge on any atom is 0.227 e. The van der Waals surface area contributed by atoms with Gasteiger partial charge in [-0.15, -0.1) is 0 Å². The molecule has 1 aromatic heterocycles. The molecular weight excluding hydrogens is 264 g/mol. The van der Waals surface area contributed by atoms with E-state index in [1.807, 2.05) is 13.0 Å². The van der Waals surface area contributed by atoms with E-state index < -0.39 is 0 Å². The molecule has 1 aliphatic rings. The van der Waals surface area contributed by atoms with E-state index in [0.717, 1.165) is 63.0 Å². The molecule has 2 heterocycles. The highest BCUT2D eigenvalue weighted by atomic mass is 16.5. The van der Waals surface area contributed by atoms with Gasteiger partial charge in [0.1, 0.15) is 5.82 Å². The molecule has 1 atom stereocenters. The third-order valence-corrected chi connectivity index (χ3v) is 3.65. The number of nitrogens with one attached hydrogen (secondary N) is 1. The molecule has 1 unspecified atom stereocenters. The predicted octanol–water partition coefficient (Wildman–Crippen LogP) is 3.00. The highest BCUT2D eigenvalue weighted by Crippen LogP contribution is 2.16. The van der Waals surface area contributed by atoms with Crippen LogP contribution < -0.4 is 10.2 Å². The molecule has 0 aliphatic carbocycles. The van der Waals surface area contributed by atoms with E-state index >= 15 is 0 Å². The molecule has 1 aliphatic heterocycles. The van der Waals surface area contributed by atoms with Crippen molar-refractivity contribution in [1.29, 1.82) is 0 Å². The summed E-state index contributed by atoms with van der Waals surface area (Å²) in [6, 6.07) is 2.01. The van der Waals surface area contributed by atoms with E-state index in [-0.39, 0.29) is 0 Å². The second-order valence-corrected chi connectivity index (χ2v) is 5.70. The summed E-state index contributed by atoms with van der Waals surface area (Å²) in [4.78, 5) is 11.5. The Hall–Kier alpha value is -1.36. The molecule has 5 heteroatoms. The second kappa shape index (κ2) is 8.17. The lowest BCUT2D eigenvalue weighted by molar-refractivity contribution is 0.120. The SMILES string of the molecule is CCCN(CCC)c1nc(C)cc(NCC2CCCO2)n1. The third-order valence-electron chi connectivity index (χ3n) is 3.65. The van der Waals surface area contributed by atoms with Crippen LogP contribution in [0.2, 0.25) is 0 Å². The van der Waals surface area contributed by atoms with Crippen molar-refractivity contribution in [2.75, 3.05) is 36.5 Å². The number of ether oxygens (including phenoxy) is 1. The molecule has 0 aromatic carbocycles. The standard InChI is InChI=1S/C16H28N4O/c1-4-8-20(9-5-2)16-18-13(3)11-15(19-16)17-12-14-7-6-10-21-14/h11,14H,4-10,12H2,1-3H3,(H,17,18,19). The van der Waals surface area contributed by atoms with Crippen LogP contribution in [0.1, 0.15) is 45.2 Å². The van der Waals surface area contributed by atoms with Crippen molar-refractivity contribution in [3.63, 3.8) is 0 Å². The number of aromatic nitrogens is 2. The summed E-state index contributed by atoms with van der Waals surface area (Å²) in [7, 11) is 0. The number of hydrogen-bond donors (Lipinski definition) is 1. The summed E-state index contributed by atoms with van der Waals surface area (Å²) in [5, 5.41) is 3.40. The third kappa shape index (κ3) is 4.84. The van der Waals surface area contributed by atoms with Crippen LogP contribution in [0.15, 0.2) is 6.07 Å². The molecule has 2 rings (SSSR count). The Balaban J connectivity index is 2.03. The van der Waals surface area contributed by atoms with Gasteiger partial charge in [-0.2, -0.15) is 4.98 Å². The number of hydrogen-bond acceptors (Lipinski definition) is 5. The van der Waals surface area contributed by atoms with Crippen molar-refractivity contribution in [3.05, 3.63) is 11.8 Å². The lowest BCUT2D eigenvalue weighted by atomic mass is 10.2. The quantitative estimate of drug-likeness (QED) is 0.798. The minimum absolute atomic E-state index is 0.325. The Labute approximate surface area is 128 Å². The van der Waals surface area contributed by atoms with Gasteiger partial charge in [0.05, 0.1) is 6.10 Å². The fourth-order valence-corrected chi connectivity index (χ4v) is 2.66. The maximum absolute atomic E-state index is 5.64. The average Bonchev–Trinajstić information content (AvgIpc) is 2.98. The highest BCUT2D eigenvalue weighted by Gasteiger charge is 2.16. The zero-order valence-electron chi connectivity index (χ0n) is 13.6. The van der Waals surface area contributed by atoms with E-state index in [2.05, 4.69) is 34.0 Å². The van der Waals surface area contributed by atoms with Crippen LogP contribution >= 0.6 is 0 Å². The Morgan fingerprint density at radius 2 is 2.05 bits per heavy atom. The Bertz CT molecular complexity index is 426. The Morgan fingerprint density at radius 1 is 1.29 bits per heavy atom. The fourth-order valence-electron chi connectivity index (χ4n) is 2.66. The second-order valence-electron chi connectivity index (χ2n) is 5.70. The summed E-state index contributed by atoms with van der Waals surface area (Å²) >= 11 is 0. The molecule has 21 heavy (non-hydrogen) atoms. The molecule has 0 bridgehead atoms. The summed E-state index contributed by atoms with van der Waals surface area (Å²) in [6.45, 7) is 10.1. The first-order chi connectivity index (χ1) is 10.2. The van der Waals surface area contributed by atoms with E-state index in [0.29, 0.717) is 6.10 Å². The molecule has 1 saturated heterocycles. The van der Waals surface area contributed by atoms with Crippen molar-refractivity contribution < 1.29 is 4.74 Å². The van der Waals surface area contributed by atoms with Gasteiger partial charge in [0.15, 0.2) is 0 Å². The van der Waals surface area contributed by atoms with Gasteiger partial charge in [-0.3, -0.25) is 0 Å². The lowest BCUT2D eigenvalue weighted by Gasteiger charge is -2.22. The first-order valence-corrected chi connectivity index (χ1v) is 8.19. The summed E-state index contributed by atoms with van der Waals surface area (Å²) in [5.41, 5.74) is 1.01. The highest BCUT2D eigenvalue weighted by molar-refractivity contribution is 5.43. The molecule has 1 fully saturated rings. The van der Waals surface area contributed by atoms with Gasteiger partial charge >= 0.3 is 0 Å². The molecule has 0 radical (unpaired) electrons.